The Balaban J connectivity index is 1.93. The van der Waals surface area contributed by atoms with E-state index in [1.54, 1.807) is 6.07 Å². The molecule has 0 aliphatic carbocycles. The maximum atomic E-state index is 12.9. The molecule has 1 aliphatic rings. The van der Waals surface area contributed by atoms with Gasteiger partial charge in [-0.3, -0.25) is 0 Å². The lowest BCUT2D eigenvalue weighted by Gasteiger charge is -2.22. The first-order valence-corrected chi connectivity index (χ1v) is 15.4. The van der Waals surface area contributed by atoms with Gasteiger partial charge >= 0.3 is 0 Å². The highest BCUT2D eigenvalue weighted by atomic mass is 32.2. The van der Waals surface area contributed by atoms with E-state index >= 15 is 0 Å². The zero-order valence-electron chi connectivity index (χ0n) is 17.3. The third kappa shape index (κ3) is 5.33. The smallest absolute Gasteiger partial charge is 0.196 e. The van der Waals surface area contributed by atoms with E-state index in [0.717, 1.165) is 31.6 Å². The van der Waals surface area contributed by atoms with Crippen LogP contribution < -0.4 is 0 Å². The van der Waals surface area contributed by atoms with E-state index in [9.17, 15) is 13.7 Å². The van der Waals surface area contributed by atoms with Crippen molar-refractivity contribution in [2.75, 3.05) is 19.0 Å². The highest BCUT2D eigenvalue weighted by Crippen LogP contribution is 2.31. The van der Waals surface area contributed by atoms with Gasteiger partial charge in [0.2, 0.25) is 0 Å². The second-order valence-electron chi connectivity index (χ2n) is 8.79. The number of nitrogens with zero attached hydrogens (tertiary/aromatic N) is 2. The molecule has 0 atom stereocenters. The molecule has 0 unspecified atom stereocenters. The molecular formula is C22H28N2O3SSi. The van der Waals surface area contributed by atoms with Crippen LogP contribution in [-0.4, -0.2) is 40.4 Å². The fourth-order valence-corrected chi connectivity index (χ4v) is 7.94. The van der Waals surface area contributed by atoms with E-state index in [1.165, 1.54) is 11.8 Å². The molecule has 1 aromatic carbocycles. The average Bonchev–Trinajstić information content (AvgIpc) is 2.72. The quantitative estimate of drug-likeness (QED) is 0.627. The summed E-state index contributed by atoms with van der Waals surface area (Å²) >= 11 is 0. The van der Waals surface area contributed by atoms with E-state index in [2.05, 4.69) is 42.8 Å². The van der Waals surface area contributed by atoms with Crippen molar-refractivity contribution in [3.8, 4) is 17.2 Å². The van der Waals surface area contributed by atoms with Crippen LogP contribution in [0.1, 0.15) is 29.9 Å². The summed E-state index contributed by atoms with van der Waals surface area (Å²) in [4.78, 5) is 4.09. The lowest BCUT2D eigenvalue weighted by atomic mass is 9.90. The van der Waals surface area contributed by atoms with Crippen molar-refractivity contribution in [2.24, 2.45) is 0 Å². The zero-order chi connectivity index (χ0) is 21.1. The summed E-state index contributed by atoms with van der Waals surface area (Å²) in [5.41, 5.74) is 2.85. The molecule has 154 valence electrons. The van der Waals surface area contributed by atoms with Gasteiger partial charge in [-0.05, 0) is 42.0 Å². The van der Waals surface area contributed by atoms with Crippen molar-refractivity contribution in [1.82, 2.24) is 4.98 Å². The molecule has 0 bridgehead atoms. The lowest BCUT2D eigenvalue weighted by molar-refractivity contribution is 0.0853. The van der Waals surface area contributed by atoms with Crippen molar-refractivity contribution in [3.63, 3.8) is 0 Å². The van der Waals surface area contributed by atoms with E-state index in [4.69, 9.17) is 4.74 Å². The third-order valence-corrected chi connectivity index (χ3v) is 9.11. The van der Waals surface area contributed by atoms with Crippen LogP contribution in [-0.2, 0) is 14.6 Å². The normalized spacial score (nSPS) is 15.8. The fraction of sp³-hybridized carbons (Fsp3) is 0.455. The Kier molecular flexibility index (Phi) is 6.57. The number of ether oxygens (including phenoxy) is 1. The Bertz CT molecular complexity index is 1000. The summed E-state index contributed by atoms with van der Waals surface area (Å²) in [5.74, 6) is 0.527. The van der Waals surface area contributed by atoms with E-state index in [1.807, 2.05) is 12.1 Å². The molecule has 0 amide bonds. The van der Waals surface area contributed by atoms with Crippen LogP contribution in [0.15, 0.2) is 41.6 Å². The molecule has 1 fully saturated rings. The molecule has 2 aromatic rings. The van der Waals surface area contributed by atoms with Crippen molar-refractivity contribution in [1.29, 1.82) is 5.26 Å². The first kappa shape index (κ1) is 21.7. The SMILES string of the molecule is C[Si](C)(C)CCS(=O)(=O)c1nccc(-c2ccc(C3CCOCC3)cc2)c1C#N. The van der Waals surface area contributed by atoms with E-state index in [-0.39, 0.29) is 16.3 Å². The zero-order valence-corrected chi connectivity index (χ0v) is 19.1. The average molecular weight is 429 g/mol. The minimum Gasteiger partial charge on any atom is -0.381 e. The fourth-order valence-electron chi connectivity index (χ4n) is 3.53. The molecule has 1 aliphatic heterocycles. The molecule has 1 saturated heterocycles. The van der Waals surface area contributed by atoms with Gasteiger partial charge in [-0.25, -0.2) is 13.4 Å². The van der Waals surface area contributed by atoms with Crippen LogP contribution in [0.2, 0.25) is 25.7 Å². The number of sulfone groups is 1. The third-order valence-electron chi connectivity index (χ3n) is 5.36. The van der Waals surface area contributed by atoms with Gasteiger partial charge < -0.3 is 4.74 Å². The molecule has 5 nitrogen and oxygen atoms in total. The van der Waals surface area contributed by atoms with Crippen LogP contribution in [0, 0.1) is 11.3 Å². The van der Waals surface area contributed by atoms with E-state index in [0.29, 0.717) is 17.5 Å². The Morgan fingerprint density at radius 1 is 1.14 bits per heavy atom. The molecule has 3 rings (SSSR count). The van der Waals surface area contributed by atoms with Crippen LogP contribution in [0.25, 0.3) is 11.1 Å². The number of benzene rings is 1. The van der Waals surface area contributed by atoms with Gasteiger partial charge in [-0.1, -0.05) is 43.9 Å². The van der Waals surface area contributed by atoms with Gasteiger partial charge in [0, 0.05) is 33.0 Å². The summed E-state index contributed by atoms with van der Waals surface area (Å²) in [6.07, 6.45) is 3.51. The Morgan fingerprint density at radius 2 is 1.79 bits per heavy atom. The van der Waals surface area contributed by atoms with Crippen molar-refractivity contribution < 1.29 is 13.2 Å². The Hall–Kier alpha value is -2.01. The first-order valence-electron chi connectivity index (χ1n) is 10.0. The number of pyridine rings is 1. The molecule has 2 heterocycles. The van der Waals surface area contributed by atoms with Gasteiger partial charge in [-0.15, -0.1) is 0 Å². The van der Waals surface area contributed by atoms with Gasteiger partial charge in [0.25, 0.3) is 0 Å². The topological polar surface area (TPSA) is 80.1 Å². The molecule has 0 saturated carbocycles. The van der Waals surface area contributed by atoms with Gasteiger partial charge in [-0.2, -0.15) is 5.26 Å². The number of aromatic nitrogens is 1. The van der Waals surface area contributed by atoms with Crippen molar-refractivity contribution in [3.05, 3.63) is 47.7 Å². The molecule has 29 heavy (non-hydrogen) atoms. The van der Waals surface area contributed by atoms with Crippen LogP contribution >= 0.6 is 0 Å². The van der Waals surface area contributed by atoms with Gasteiger partial charge in [0.05, 0.1) is 11.3 Å². The summed E-state index contributed by atoms with van der Waals surface area (Å²) < 4.78 is 31.2. The highest BCUT2D eigenvalue weighted by molar-refractivity contribution is 7.91. The number of hydrogen-bond acceptors (Lipinski definition) is 5. The molecular weight excluding hydrogens is 400 g/mol. The summed E-state index contributed by atoms with van der Waals surface area (Å²) in [6, 6.07) is 12.6. The monoisotopic (exact) mass is 428 g/mol. The molecule has 7 heteroatoms. The molecule has 0 spiro atoms. The minimum absolute atomic E-state index is 0.0382. The Morgan fingerprint density at radius 3 is 2.38 bits per heavy atom. The summed E-state index contributed by atoms with van der Waals surface area (Å²) in [7, 11) is -5.13. The number of hydrogen-bond donors (Lipinski definition) is 0. The van der Waals surface area contributed by atoms with Crippen molar-refractivity contribution in [2.45, 2.75) is 49.5 Å². The number of nitriles is 1. The standard InChI is InChI=1S/C22H28N2O3SSi/c1-29(2,3)15-14-28(25,26)22-21(16-23)20(8-11-24-22)19-6-4-17(5-7-19)18-9-12-27-13-10-18/h4-8,11,18H,9-10,12-15H2,1-3H3. The first-order chi connectivity index (χ1) is 13.7. The van der Waals surface area contributed by atoms with Gasteiger partial charge in [0.1, 0.15) is 6.07 Å². The van der Waals surface area contributed by atoms with Crippen molar-refractivity contribution >= 4 is 17.9 Å². The van der Waals surface area contributed by atoms with Gasteiger partial charge in [0.15, 0.2) is 14.9 Å². The van der Waals surface area contributed by atoms with Crippen LogP contribution in [0.3, 0.4) is 0 Å². The number of rotatable bonds is 6. The largest absolute Gasteiger partial charge is 0.381 e. The summed E-state index contributed by atoms with van der Waals surface area (Å²) in [5, 5.41) is 9.66. The minimum atomic E-state index is -3.60. The Labute approximate surface area is 174 Å². The van der Waals surface area contributed by atoms with Crippen LogP contribution in [0.5, 0.6) is 0 Å². The maximum absolute atomic E-state index is 12.9. The predicted molar refractivity (Wildman–Crippen MR) is 117 cm³/mol. The maximum Gasteiger partial charge on any atom is 0.196 e. The molecule has 0 radical (unpaired) electrons. The van der Waals surface area contributed by atoms with E-state index < -0.39 is 17.9 Å². The summed E-state index contributed by atoms with van der Waals surface area (Å²) in [6.45, 7) is 7.98. The second kappa shape index (κ2) is 8.78. The highest BCUT2D eigenvalue weighted by Gasteiger charge is 2.26. The lowest BCUT2D eigenvalue weighted by Crippen LogP contribution is -2.24. The second-order valence-corrected chi connectivity index (χ2v) is 16.4. The molecule has 0 N–H and O–H groups in total. The predicted octanol–water partition coefficient (Wildman–Crippen LogP) is 4.63. The van der Waals surface area contributed by atoms with Crippen LogP contribution in [0.4, 0.5) is 0 Å². The molecule has 1 aromatic heterocycles.